The van der Waals surface area contributed by atoms with E-state index in [4.69, 9.17) is 15.2 Å². The molecule has 1 aliphatic heterocycles. The maximum absolute atomic E-state index is 12.8. The molecule has 128 valence electrons. The van der Waals surface area contributed by atoms with Gasteiger partial charge in [-0.05, 0) is 24.5 Å². The number of hydrogen-bond acceptors (Lipinski definition) is 5. The Balaban J connectivity index is 2.30. The maximum Gasteiger partial charge on any atom is 0.243 e. The van der Waals surface area contributed by atoms with Gasteiger partial charge in [-0.15, -0.1) is 0 Å². The minimum atomic E-state index is -3.83. The number of rotatable bonds is 7. The Labute approximate surface area is 136 Å². The number of fused-ring (bicyclic) bond motifs is 1. The monoisotopic (exact) mass is 342 g/mol. The first-order valence-electron chi connectivity index (χ1n) is 7.49. The molecule has 2 rings (SSSR count). The van der Waals surface area contributed by atoms with Crippen LogP contribution < -0.4 is 15.2 Å². The van der Waals surface area contributed by atoms with Crippen molar-refractivity contribution in [3.05, 3.63) is 18.2 Å². The van der Waals surface area contributed by atoms with Gasteiger partial charge in [-0.3, -0.25) is 4.79 Å². The molecule has 0 atom stereocenters. The molecule has 23 heavy (non-hydrogen) atoms. The third kappa shape index (κ3) is 4.35. The van der Waals surface area contributed by atoms with Gasteiger partial charge in [0.2, 0.25) is 15.9 Å². The number of nitrogens with zero attached hydrogens (tertiary/aromatic N) is 1. The number of carbonyl (C=O) groups is 1. The van der Waals surface area contributed by atoms with Gasteiger partial charge in [0.15, 0.2) is 11.5 Å². The van der Waals surface area contributed by atoms with Crippen molar-refractivity contribution in [2.75, 3.05) is 26.3 Å². The van der Waals surface area contributed by atoms with Gasteiger partial charge in [0.1, 0.15) is 13.2 Å². The molecule has 7 nitrogen and oxygen atoms in total. The van der Waals surface area contributed by atoms with Crippen LogP contribution in [-0.2, 0) is 14.8 Å². The number of primary amides is 1. The van der Waals surface area contributed by atoms with Gasteiger partial charge < -0.3 is 15.2 Å². The molecule has 1 heterocycles. The van der Waals surface area contributed by atoms with Gasteiger partial charge in [0.05, 0.1) is 11.4 Å². The first-order valence-corrected chi connectivity index (χ1v) is 8.93. The van der Waals surface area contributed by atoms with E-state index in [2.05, 4.69) is 0 Å². The van der Waals surface area contributed by atoms with E-state index >= 15 is 0 Å². The van der Waals surface area contributed by atoms with Crippen LogP contribution >= 0.6 is 0 Å². The van der Waals surface area contributed by atoms with Gasteiger partial charge in [-0.25, -0.2) is 8.42 Å². The van der Waals surface area contributed by atoms with Crippen LogP contribution in [0.1, 0.15) is 20.3 Å². The number of hydrogen-bond donors (Lipinski definition) is 1. The van der Waals surface area contributed by atoms with Gasteiger partial charge in [-0.2, -0.15) is 4.31 Å². The maximum atomic E-state index is 12.8. The molecule has 0 aliphatic carbocycles. The zero-order valence-corrected chi connectivity index (χ0v) is 14.1. The topological polar surface area (TPSA) is 98.9 Å². The zero-order chi connectivity index (χ0) is 17.0. The molecule has 0 spiro atoms. The van der Waals surface area contributed by atoms with Crippen LogP contribution in [0.25, 0.3) is 0 Å². The summed E-state index contributed by atoms with van der Waals surface area (Å²) in [7, 11) is -3.83. The standard InChI is InChI=1S/C15H22N2O5S/c1-11(2)5-6-17(10-15(16)18)23(19,20)12-3-4-13-14(9-12)22-8-7-21-13/h3-4,9,11H,5-8,10H2,1-2H3,(H2,16,18). The van der Waals surface area contributed by atoms with Gasteiger partial charge >= 0.3 is 0 Å². The van der Waals surface area contributed by atoms with Crippen molar-refractivity contribution >= 4 is 15.9 Å². The highest BCUT2D eigenvalue weighted by atomic mass is 32.2. The van der Waals surface area contributed by atoms with E-state index in [-0.39, 0.29) is 18.0 Å². The van der Waals surface area contributed by atoms with Crippen LogP contribution in [0, 0.1) is 5.92 Å². The molecule has 0 saturated carbocycles. The molecule has 0 unspecified atom stereocenters. The molecular weight excluding hydrogens is 320 g/mol. The molecule has 0 aromatic heterocycles. The smallest absolute Gasteiger partial charge is 0.243 e. The molecule has 0 bridgehead atoms. The number of amides is 1. The Kier molecular flexibility index (Phi) is 5.48. The highest BCUT2D eigenvalue weighted by Gasteiger charge is 2.27. The van der Waals surface area contributed by atoms with E-state index in [0.29, 0.717) is 37.1 Å². The molecule has 0 fully saturated rings. The van der Waals surface area contributed by atoms with Crippen molar-refractivity contribution in [1.82, 2.24) is 4.31 Å². The molecule has 0 saturated heterocycles. The largest absolute Gasteiger partial charge is 0.486 e. The van der Waals surface area contributed by atoms with Crippen LogP contribution in [-0.4, -0.2) is 44.9 Å². The molecule has 8 heteroatoms. The summed E-state index contributed by atoms with van der Waals surface area (Å²) in [6.45, 7) is 4.66. The van der Waals surface area contributed by atoms with Crippen LogP contribution in [0.3, 0.4) is 0 Å². The van der Waals surface area contributed by atoms with Gasteiger partial charge in [0, 0.05) is 12.6 Å². The molecule has 0 radical (unpaired) electrons. The van der Waals surface area contributed by atoms with Crippen molar-refractivity contribution in [2.45, 2.75) is 25.2 Å². The van der Waals surface area contributed by atoms with Crippen molar-refractivity contribution in [3.8, 4) is 11.5 Å². The second kappa shape index (κ2) is 7.18. The third-order valence-corrected chi connectivity index (χ3v) is 5.28. The predicted molar refractivity (Wildman–Crippen MR) is 84.8 cm³/mol. The number of ether oxygens (including phenoxy) is 2. The Bertz CT molecular complexity index is 672. The lowest BCUT2D eigenvalue weighted by atomic mass is 10.1. The predicted octanol–water partition coefficient (Wildman–Crippen LogP) is 0.980. The summed E-state index contributed by atoms with van der Waals surface area (Å²) in [5.41, 5.74) is 5.20. The van der Waals surface area contributed by atoms with Gasteiger partial charge in [-0.1, -0.05) is 13.8 Å². The Morgan fingerprint density at radius 2 is 1.91 bits per heavy atom. The Morgan fingerprint density at radius 1 is 1.26 bits per heavy atom. The second-order valence-electron chi connectivity index (χ2n) is 5.79. The average molecular weight is 342 g/mol. The minimum absolute atomic E-state index is 0.0618. The molecule has 1 aromatic carbocycles. The fourth-order valence-electron chi connectivity index (χ4n) is 2.19. The van der Waals surface area contributed by atoms with Crippen molar-refractivity contribution in [2.24, 2.45) is 11.7 Å². The van der Waals surface area contributed by atoms with E-state index in [9.17, 15) is 13.2 Å². The number of nitrogens with two attached hydrogens (primary N) is 1. The zero-order valence-electron chi connectivity index (χ0n) is 13.3. The minimum Gasteiger partial charge on any atom is -0.486 e. The number of carbonyl (C=O) groups excluding carboxylic acids is 1. The average Bonchev–Trinajstić information content (AvgIpc) is 2.50. The Hall–Kier alpha value is -1.80. The van der Waals surface area contributed by atoms with Crippen LogP contribution in [0.15, 0.2) is 23.1 Å². The normalized spacial score (nSPS) is 14.3. The van der Waals surface area contributed by atoms with E-state index in [1.54, 1.807) is 6.07 Å². The summed E-state index contributed by atoms with van der Waals surface area (Å²) in [4.78, 5) is 11.3. The molecule has 2 N–H and O–H groups in total. The van der Waals surface area contributed by atoms with Crippen molar-refractivity contribution in [1.29, 1.82) is 0 Å². The summed E-state index contributed by atoms with van der Waals surface area (Å²) in [5.74, 6) is 0.523. The SMILES string of the molecule is CC(C)CCN(CC(N)=O)S(=O)(=O)c1ccc2c(c1)OCCO2. The van der Waals surface area contributed by atoms with E-state index in [1.807, 2.05) is 13.8 Å². The molecule has 1 aliphatic rings. The van der Waals surface area contributed by atoms with E-state index < -0.39 is 15.9 Å². The summed E-state index contributed by atoms with van der Waals surface area (Å²) < 4.78 is 37.5. The third-order valence-electron chi connectivity index (χ3n) is 3.44. The first-order chi connectivity index (χ1) is 10.8. The van der Waals surface area contributed by atoms with Crippen LogP contribution in [0.2, 0.25) is 0 Å². The quantitative estimate of drug-likeness (QED) is 0.796. The molecule has 1 aromatic rings. The molecular formula is C15H22N2O5S. The second-order valence-corrected chi connectivity index (χ2v) is 7.73. The lowest BCUT2D eigenvalue weighted by Gasteiger charge is -2.23. The fourth-order valence-corrected chi connectivity index (χ4v) is 3.63. The Morgan fingerprint density at radius 3 is 2.52 bits per heavy atom. The van der Waals surface area contributed by atoms with E-state index in [1.165, 1.54) is 12.1 Å². The highest BCUT2D eigenvalue weighted by molar-refractivity contribution is 7.89. The van der Waals surface area contributed by atoms with Crippen molar-refractivity contribution in [3.63, 3.8) is 0 Å². The summed E-state index contributed by atoms with van der Waals surface area (Å²) in [6, 6.07) is 4.44. The van der Waals surface area contributed by atoms with E-state index in [0.717, 1.165) is 4.31 Å². The number of benzene rings is 1. The first kappa shape index (κ1) is 17.6. The molecule has 1 amide bonds. The lowest BCUT2D eigenvalue weighted by molar-refractivity contribution is -0.118. The lowest BCUT2D eigenvalue weighted by Crippen LogP contribution is -2.39. The summed E-state index contributed by atoms with van der Waals surface area (Å²) in [5, 5.41) is 0. The summed E-state index contributed by atoms with van der Waals surface area (Å²) in [6.07, 6.45) is 0.636. The van der Waals surface area contributed by atoms with Crippen LogP contribution in [0.4, 0.5) is 0 Å². The highest BCUT2D eigenvalue weighted by Crippen LogP contribution is 2.33. The summed E-state index contributed by atoms with van der Waals surface area (Å²) >= 11 is 0. The number of sulfonamides is 1. The van der Waals surface area contributed by atoms with Gasteiger partial charge in [0.25, 0.3) is 0 Å². The van der Waals surface area contributed by atoms with Crippen molar-refractivity contribution < 1.29 is 22.7 Å². The fraction of sp³-hybridized carbons (Fsp3) is 0.533. The van der Waals surface area contributed by atoms with Crippen LogP contribution in [0.5, 0.6) is 11.5 Å².